The van der Waals surface area contributed by atoms with Gasteiger partial charge in [-0.2, -0.15) is 0 Å². The maximum absolute atomic E-state index is 12.1. The van der Waals surface area contributed by atoms with Crippen molar-refractivity contribution in [2.75, 3.05) is 6.61 Å². The van der Waals surface area contributed by atoms with Gasteiger partial charge < -0.3 is 9.47 Å². The van der Waals surface area contributed by atoms with E-state index in [1.165, 1.54) is 12.1 Å². The molecule has 0 spiro atoms. The molecule has 1 aromatic rings. The van der Waals surface area contributed by atoms with Crippen molar-refractivity contribution in [1.29, 1.82) is 0 Å². The second-order valence-electron chi connectivity index (χ2n) is 3.62. The average molecular weight is 388 g/mol. The summed E-state index contributed by atoms with van der Waals surface area (Å²) in [4.78, 5) is 11.2. The van der Waals surface area contributed by atoms with E-state index in [1.54, 1.807) is 35.6 Å². The Hall–Kier alpha value is -0.990. The molecular weight excluding hydrogens is 376 g/mol. The zero-order valence-electron chi connectivity index (χ0n) is 10.1. The van der Waals surface area contributed by atoms with E-state index in [1.807, 2.05) is 0 Å². The van der Waals surface area contributed by atoms with Gasteiger partial charge in [0.25, 0.3) is 0 Å². The zero-order valence-corrected chi connectivity index (χ0v) is 12.2. The van der Waals surface area contributed by atoms with Crippen molar-refractivity contribution in [3.63, 3.8) is 0 Å². The number of halogens is 4. The summed E-state index contributed by atoms with van der Waals surface area (Å²) < 4.78 is 45.2. The van der Waals surface area contributed by atoms with Gasteiger partial charge in [-0.05, 0) is 53.6 Å². The van der Waals surface area contributed by atoms with Crippen molar-refractivity contribution in [3.05, 3.63) is 27.3 Å². The summed E-state index contributed by atoms with van der Waals surface area (Å²) in [6.45, 7) is 2.03. The number of benzene rings is 1. The molecule has 0 fully saturated rings. The number of aryl methyl sites for hydroxylation is 1. The van der Waals surface area contributed by atoms with Crippen LogP contribution in [0.5, 0.6) is 5.75 Å². The molecule has 0 aliphatic rings. The van der Waals surface area contributed by atoms with Crippen molar-refractivity contribution in [3.8, 4) is 5.75 Å². The van der Waals surface area contributed by atoms with Gasteiger partial charge in [-0.1, -0.05) is 6.07 Å². The number of hydrogen-bond donors (Lipinski definition) is 0. The maximum atomic E-state index is 12.1. The highest BCUT2D eigenvalue weighted by atomic mass is 127. The van der Waals surface area contributed by atoms with Gasteiger partial charge in [-0.15, -0.1) is 13.2 Å². The summed E-state index contributed by atoms with van der Waals surface area (Å²) in [5.74, 6) is -0.568. The monoisotopic (exact) mass is 388 g/mol. The molecular formula is C12H12F3IO3. The van der Waals surface area contributed by atoms with Crippen LogP contribution in [-0.4, -0.2) is 18.9 Å². The largest absolute Gasteiger partial charge is 0.573 e. The van der Waals surface area contributed by atoms with E-state index in [2.05, 4.69) is 4.74 Å². The number of ether oxygens (including phenoxy) is 2. The highest BCUT2D eigenvalue weighted by molar-refractivity contribution is 14.1. The van der Waals surface area contributed by atoms with E-state index in [0.29, 0.717) is 16.6 Å². The Morgan fingerprint density at radius 2 is 2.05 bits per heavy atom. The van der Waals surface area contributed by atoms with Crippen LogP contribution in [0.15, 0.2) is 18.2 Å². The highest BCUT2D eigenvalue weighted by Crippen LogP contribution is 2.28. The lowest BCUT2D eigenvalue weighted by atomic mass is 10.1. The third-order valence-corrected chi connectivity index (χ3v) is 2.99. The predicted molar refractivity (Wildman–Crippen MR) is 70.8 cm³/mol. The second-order valence-corrected chi connectivity index (χ2v) is 4.78. The van der Waals surface area contributed by atoms with Gasteiger partial charge in [-0.3, -0.25) is 4.79 Å². The lowest BCUT2D eigenvalue weighted by molar-refractivity contribution is -0.274. The van der Waals surface area contributed by atoms with Crippen LogP contribution in [0.3, 0.4) is 0 Å². The van der Waals surface area contributed by atoms with Crippen molar-refractivity contribution in [1.82, 2.24) is 0 Å². The standard InChI is InChI=1S/C12H12F3IO3/c1-2-18-11(17)6-4-8-3-5-10(9(16)7-8)19-12(13,14)15/h3,5,7H,2,4,6H2,1H3. The van der Waals surface area contributed by atoms with E-state index < -0.39 is 6.36 Å². The van der Waals surface area contributed by atoms with Gasteiger partial charge >= 0.3 is 12.3 Å². The zero-order chi connectivity index (χ0) is 14.5. The first-order chi connectivity index (χ1) is 8.81. The summed E-state index contributed by atoms with van der Waals surface area (Å²) in [5, 5.41) is 0. The Labute approximate surface area is 122 Å². The number of esters is 1. The molecule has 0 saturated carbocycles. The lowest BCUT2D eigenvalue weighted by Crippen LogP contribution is -2.17. The smallest absolute Gasteiger partial charge is 0.466 e. The van der Waals surface area contributed by atoms with Crippen LogP contribution in [0.1, 0.15) is 18.9 Å². The molecule has 19 heavy (non-hydrogen) atoms. The van der Waals surface area contributed by atoms with E-state index in [-0.39, 0.29) is 18.1 Å². The first kappa shape index (κ1) is 16.1. The first-order valence-electron chi connectivity index (χ1n) is 5.51. The van der Waals surface area contributed by atoms with Gasteiger partial charge in [0.1, 0.15) is 5.75 Å². The van der Waals surface area contributed by atoms with Gasteiger partial charge in [0.15, 0.2) is 0 Å². The van der Waals surface area contributed by atoms with Gasteiger partial charge in [0.2, 0.25) is 0 Å². The molecule has 0 aliphatic heterocycles. The van der Waals surface area contributed by atoms with Crippen LogP contribution < -0.4 is 4.74 Å². The molecule has 0 bridgehead atoms. The quantitative estimate of drug-likeness (QED) is 0.570. The number of alkyl halides is 3. The Balaban J connectivity index is 2.64. The third kappa shape index (κ3) is 6.13. The minimum absolute atomic E-state index is 0.198. The molecule has 0 saturated heterocycles. The second kappa shape index (κ2) is 6.97. The van der Waals surface area contributed by atoms with Crippen LogP contribution >= 0.6 is 22.6 Å². The Morgan fingerprint density at radius 1 is 1.37 bits per heavy atom. The molecule has 106 valence electrons. The summed E-state index contributed by atoms with van der Waals surface area (Å²) in [6, 6.07) is 4.30. The van der Waals surface area contributed by atoms with Gasteiger partial charge in [0, 0.05) is 6.42 Å². The van der Waals surface area contributed by atoms with Crippen molar-refractivity contribution in [2.24, 2.45) is 0 Å². The van der Waals surface area contributed by atoms with Crippen LogP contribution in [0.2, 0.25) is 0 Å². The molecule has 3 nitrogen and oxygen atoms in total. The van der Waals surface area contributed by atoms with Crippen LogP contribution in [0, 0.1) is 3.57 Å². The third-order valence-electron chi connectivity index (χ3n) is 2.15. The fourth-order valence-corrected chi connectivity index (χ4v) is 2.08. The number of rotatable bonds is 5. The molecule has 0 unspecified atom stereocenters. The van der Waals surface area contributed by atoms with Crippen molar-refractivity contribution in [2.45, 2.75) is 26.1 Å². The van der Waals surface area contributed by atoms with Crippen LogP contribution in [0.25, 0.3) is 0 Å². The minimum Gasteiger partial charge on any atom is -0.466 e. The van der Waals surface area contributed by atoms with E-state index in [4.69, 9.17) is 4.74 Å². The molecule has 0 amide bonds. The number of carbonyl (C=O) groups is 1. The van der Waals surface area contributed by atoms with E-state index in [9.17, 15) is 18.0 Å². The highest BCUT2D eigenvalue weighted by Gasteiger charge is 2.31. The molecule has 0 aromatic heterocycles. The van der Waals surface area contributed by atoms with Crippen molar-refractivity contribution >= 4 is 28.6 Å². The number of carbonyl (C=O) groups excluding carboxylic acids is 1. The Morgan fingerprint density at radius 3 is 2.58 bits per heavy atom. The average Bonchev–Trinajstić information content (AvgIpc) is 2.28. The van der Waals surface area contributed by atoms with Crippen molar-refractivity contribution < 1.29 is 27.4 Å². The Bertz CT molecular complexity index is 446. The van der Waals surface area contributed by atoms with Gasteiger partial charge in [-0.25, -0.2) is 0 Å². The summed E-state index contributed by atoms with van der Waals surface area (Å²) in [5.41, 5.74) is 0.756. The first-order valence-corrected chi connectivity index (χ1v) is 6.59. The lowest BCUT2D eigenvalue weighted by Gasteiger charge is -2.11. The summed E-state index contributed by atoms with van der Waals surface area (Å²) in [6.07, 6.45) is -4.09. The maximum Gasteiger partial charge on any atom is 0.573 e. The van der Waals surface area contributed by atoms with Crippen LogP contribution in [-0.2, 0) is 16.0 Å². The minimum atomic E-state index is -4.70. The Kier molecular flexibility index (Phi) is 5.89. The molecule has 1 aromatic carbocycles. The molecule has 0 heterocycles. The topological polar surface area (TPSA) is 35.5 Å². The fourth-order valence-electron chi connectivity index (χ4n) is 1.39. The molecule has 0 radical (unpaired) electrons. The van der Waals surface area contributed by atoms with E-state index in [0.717, 1.165) is 5.56 Å². The van der Waals surface area contributed by atoms with Gasteiger partial charge in [0.05, 0.1) is 10.2 Å². The molecule has 1 rings (SSSR count). The predicted octanol–water partition coefficient (Wildman–Crippen LogP) is 3.69. The number of hydrogen-bond acceptors (Lipinski definition) is 3. The summed E-state index contributed by atoms with van der Waals surface area (Å²) >= 11 is 1.76. The van der Waals surface area contributed by atoms with E-state index >= 15 is 0 Å². The molecule has 0 aliphatic carbocycles. The fraction of sp³-hybridized carbons (Fsp3) is 0.417. The molecule has 0 N–H and O–H groups in total. The van der Waals surface area contributed by atoms with Crippen LogP contribution in [0.4, 0.5) is 13.2 Å². The molecule has 7 heteroatoms. The normalized spacial score (nSPS) is 11.2. The molecule has 0 atom stereocenters. The SMILES string of the molecule is CCOC(=O)CCc1ccc(OC(F)(F)F)c(I)c1. The summed E-state index contributed by atoms with van der Waals surface area (Å²) in [7, 11) is 0.